The quantitative estimate of drug-likeness (QED) is 0.210. The maximum absolute atomic E-state index is 13.7. The van der Waals surface area contributed by atoms with Gasteiger partial charge in [-0.25, -0.2) is 13.4 Å². The molecule has 0 spiro atoms. The van der Waals surface area contributed by atoms with Gasteiger partial charge in [-0.05, 0) is 44.0 Å². The van der Waals surface area contributed by atoms with Crippen LogP contribution in [0.1, 0.15) is 75.3 Å². The summed E-state index contributed by atoms with van der Waals surface area (Å²) in [5.74, 6) is 0.414. The van der Waals surface area contributed by atoms with Gasteiger partial charge in [0.25, 0.3) is 0 Å². The second-order valence-corrected chi connectivity index (χ2v) is 12.0. The minimum Gasteiger partial charge on any atom is -0.493 e. The van der Waals surface area contributed by atoms with E-state index in [1.807, 2.05) is 52.8 Å². The number of ether oxygens (including phenoxy) is 1. The molecule has 1 aromatic heterocycles. The Morgan fingerprint density at radius 1 is 1.00 bits per heavy atom. The summed E-state index contributed by atoms with van der Waals surface area (Å²) in [6.07, 6.45) is 1.53. The molecule has 3 aromatic rings. The van der Waals surface area contributed by atoms with E-state index in [4.69, 9.17) is 9.73 Å². The molecule has 228 valence electrons. The van der Waals surface area contributed by atoms with Gasteiger partial charge in [-0.2, -0.15) is 9.40 Å². The second-order valence-electron chi connectivity index (χ2n) is 10.0. The van der Waals surface area contributed by atoms with Crippen LogP contribution in [0.15, 0.2) is 58.4 Å². The molecule has 0 N–H and O–H groups in total. The van der Waals surface area contributed by atoms with Crippen LogP contribution in [0, 0.1) is 0 Å². The van der Waals surface area contributed by atoms with Crippen LogP contribution < -0.4 is 4.74 Å². The van der Waals surface area contributed by atoms with Crippen molar-refractivity contribution in [2.24, 2.45) is 12.0 Å². The van der Waals surface area contributed by atoms with E-state index in [-0.39, 0.29) is 10.7 Å². The third-order valence-corrected chi connectivity index (χ3v) is 8.95. The largest absolute Gasteiger partial charge is 0.493 e. The molecule has 1 aliphatic rings. The molecule has 0 saturated carbocycles. The molecule has 10 heteroatoms. The number of ketones is 1. The number of hydrogen-bond donors (Lipinski definition) is 0. The normalized spacial score (nSPS) is 14.8. The van der Waals surface area contributed by atoms with Crippen molar-refractivity contribution in [2.75, 3.05) is 32.8 Å². The van der Waals surface area contributed by atoms with Crippen LogP contribution in [0.3, 0.4) is 0 Å². The Morgan fingerprint density at radius 2 is 1.67 bits per heavy atom. The topological polar surface area (TPSA) is 97.1 Å². The average Bonchev–Trinajstić information content (AvgIpc) is 3.29. The molecule has 1 saturated heterocycles. The number of benzene rings is 2. The molecule has 9 nitrogen and oxygen atoms in total. The van der Waals surface area contributed by atoms with Crippen LogP contribution in [0.25, 0.3) is 0 Å². The molecule has 4 rings (SSSR count). The SMILES string of the molecule is CC.CCCc1nn(C)c(C(C)=O)c1N=C(C)c1cc(S(=O)(=O)N2CCN(Cc3ccccc3)CC2)ccc1OCC. The second kappa shape index (κ2) is 15.2. The zero-order chi connectivity index (χ0) is 30.9. The van der Waals surface area contributed by atoms with E-state index >= 15 is 0 Å². The first-order chi connectivity index (χ1) is 20.1. The molecular formula is C32H45N5O4S. The summed E-state index contributed by atoms with van der Waals surface area (Å²) in [6.45, 7) is 14.6. The van der Waals surface area contributed by atoms with Gasteiger partial charge in [0.1, 0.15) is 17.1 Å². The number of rotatable bonds is 11. The van der Waals surface area contributed by atoms with Crippen molar-refractivity contribution in [3.8, 4) is 5.75 Å². The Hall–Kier alpha value is -3.34. The van der Waals surface area contributed by atoms with Gasteiger partial charge >= 0.3 is 0 Å². The summed E-state index contributed by atoms with van der Waals surface area (Å²) in [7, 11) is -1.99. The number of hydrogen-bond acceptors (Lipinski definition) is 7. The highest BCUT2D eigenvalue weighted by molar-refractivity contribution is 7.89. The van der Waals surface area contributed by atoms with E-state index in [2.05, 4.69) is 22.1 Å². The van der Waals surface area contributed by atoms with Crippen molar-refractivity contribution < 1.29 is 17.9 Å². The predicted octanol–water partition coefficient (Wildman–Crippen LogP) is 5.65. The number of nitrogens with zero attached hydrogens (tertiary/aromatic N) is 5. The summed E-state index contributed by atoms with van der Waals surface area (Å²) >= 11 is 0. The Labute approximate surface area is 251 Å². The van der Waals surface area contributed by atoms with Crippen molar-refractivity contribution in [1.82, 2.24) is 19.0 Å². The lowest BCUT2D eigenvalue weighted by Crippen LogP contribution is -2.48. The number of sulfonamides is 1. The van der Waals surface area contributed by atoms with Crippen molar-refractivity contribution in [3.63, 3.8) is 0 Å². The molecule has 0 aliphatic carbocycles. The van der Waals surface area contributed by atoms with Crippen LogP contribution in [0.5, 0.6) is 5.75 Å². The van der Waals surface area contributed by atoms with Gasteiger partial charge in [-0.3, -0.25) is 14.4 Å². The first kappa shape index (κ1) is 33.2. The van der Waals surface area contributed by atoms with Gasteiger partial charge in [-0.1, -0.05) is 57.5 Å². The zero-order valence-electron chi connectivity index (χ0n) is 26.1. The molecule has 1 aliphatic heterocycles. The van der Waals surface area contributed by atoms with Gasteiger partial charge < -0.3 is 4.74 Å². The van der Waals surface area contributed by atoms with Crippen molar-refractivity contribution >= 4 is 27.2 Å². The summed E-state index contributed by atoms with van der Waals surface area (Å²) in [5, 5.41) is 4.53. The van der Waals surface area contributed by atoms with E-state index in [1.165, 1.54) is 12.5 Å². The Kier molecular flexibility index (Phi) is 12.0. The fourth-order valence-electron chi connectivity index (χ4n) is 5.07. The fraction of sp³-hybridized carbons (Fsp3) is 0.469. The van der Waals surface area contributed by atoms with E-state index in [0.29, 0.717) is 67.6 Å². The summed E-state index contributed by atoms with van der Waals surface area (Å²) in [5.41, 5.74) is 4.04. The van der Waals surface area contributed by atoms with Crippen molar-refractivity contribution in [1.29, 1.82) is 0 Å². The number of aliphatic imine (C=N–C) groups is 1. The number of aryl methyl sites for hydroxylation is 2. The number of aromatic nitrogens is 2. The molecule has 0 amide bonds. The van der Waals surface area contributed by atoms with Gasteiger partial charge in [0.05, 0.1) is 17.2 Å². The van der Waals surface area contributed by atoms with Crippen molar-refractivity contribution in [2.45, 2.75) is 65.8 Å². The highest BCUT2D eigenvalue weighted by Gasteiger charge is 2.29. The van der Waals surface area contributed by atoms with E-state index in [1.54, 1.807) is 34.2 Å². The highest BCUT2D eigenvalue weighted by atomic mass is 32.2. The third kappa shape index (κ3) is 7.73. The molecule has 1 fully saturated rings. The predicted molar refractivity (Wildman–Crippen MR) is 169 cm³/mol. The Bertz CT molecular complexity index is 1470. The van der Waals surface area contributed by atoms with Crippen LogP contribution in [0.2, 0.25) is 0 Å². The van der Waals surface area contributed by atoms with Crippen LogP contribution in [0.4, 0.5) is 5.69 Å². The van der Waals surface area contributed by atoms with Crippen LogP contribution in [-0.4, -0.2) is 71.7 Å². The Balaban J connectivity index is 0.00000237. The molecule has 0 radical (unpaired) electrons. The summed E-state index contributed by atoms with van der Waals surface area (Å²) in [4.78, 5) is 19.7. The zero-order valence-corrected chi connectivity index (χ0v) is 26.9. The van der Waals surface area contributed by atoms with Gasteiger partial charge in [0.2, 0.25) is 10.0 Å². The smallest absolute Gasteiger partial charge is 0.243 e. The molecular weight excluding hydrogens is 550 g/mol. The van der Waals surface area contributed by atoms with Crippen LogP contribution >= 0.6 is 0 Å². The molecule has 2 heterocycles. The van der Waals surface area contributed by atoms with E-state index < -0.39 is 10.0 Å². The van der Waals surface area contributed by atoms with Crippen LogP contribution in [-0.2, 0) is 30.0 Å². The number of Topliss-reactive ketones (excluding diaryl/α,β-unsaturated/α-hetero) is 1. The molecule has 0 atom stereocenters. The Morgan fingerprint density at radius 3 is 2.26 bits per heavy atom. The average molecular weight is 596 g/mol. The van der Waals surface area contributed by atoms with Gasteiger partial charge in [0, 0.05) is 58.0 Å². The summed E-state index contributed by atoms with van der Waals surface area (Å²) in [6, 6.07) is 15.1. The fourth-order valence-corrected chi connectivity index (χ4v) is 6.51. The lowest BCUT2D eigenvalue weighted by atomic mass is 10.1. The first-order valence-corrected chi connectivity index (χ1v) is 16.2. The first-order valence-electron chi connectivity index (χ1n) is 14.8. The van der Waals surface area contributed by atoms with Crippen molar-refractivity contribution in [3.05, 3.63) is 71.0 Å². The lowest BCUT2D eigenvalue weighted by molar-refractivity contribution is 0.100. The highest BCUT2D eigenvalue weighted by Crippen LogP contribution is 2.30. The molecule has 0 unspecified atom stereocenters. The minimum absolute atomic E-state index is 0.128. The third-order valence-electron chi connectivity index (χ3n) is 7.05. The minimum atomic E-state index is -3.73. The maximum Gasteiger partial charge on any atom is 0.243 e. The summed E-state index contributed by atoms with van der Waals surface area (Å²) < 4.78 is 36.4. The van der Waals surface area contributed by atoms with E-state index in [9.17, 15) is 13.2 Å². The number of piperazine rings is 1. The standard InChI is InChI=1S/C30H39N5O4S.C2H6/c1-6-11-27-29(30(23(4)36)33(5)32-27)31-22(3)26-20-25(14-15-28(26)39-7-2)40(37,38)35-18-16-34(17-19-35)21-24-12-9-8-10-13-24;1-2/h8-10,12-15,20H,6-7,11,16-19,21H2,1-5H3;1-2H3. The molecule has 42 heavy (non-hydrogen) atoms. The van der Waals surface area contributed by atoms with Gasteiger partial charge in [0.15, 0.2) is 5.78 Å². The molecule has 0 bridgehead atoms. The van der Waals surface area contributed by atoms with Gasteiger partial charge in [-0.15, -0.1) is 0 Å². The maximum atomic E-state index is 13.7. The van der Waals surface area contributed by atoms with E-state index in [0.717, 1.165) is 18.7 Å². The monoisotopic (exact) mass is 595 g/mol. The lowest BCUT2D eigenvalue weighted by Gasteiger charge is -2.34. The number of carbonyl (C=O) groups is 1. The molecule has 2 aromatic carbocycles. The number of carbonyl (C=O) groups excluding carboxylic acids is 1.